The highest BCUT2D eigenvalue weighted by Crippen LogP contribution is 2.57. The molecule has 2 aliphatic carbocycles. The topological polar surface area (TPSA) is 127 Å². The van der Waals surface area contributed by atoms with E-state index in [2.05, 4.69) is 0 Å². The molecule has 11 heteroatoms. The summed E-state index contributed by atoms with van der Waals surface area (Å²) in [5, 5.41) is 20.5. The molecule has 3 unspecified atom stereocenters. The summed E-state index contributed by atoms with van der Waals surface area (Å²) >= 11 is 0. The van der Waals surface area contributed by atoms with Crippen molar-refractivity contribution < 1.29 is 43.5 Å². The summed E-state index contributed by atoms with van der Waals surface area (Å²) in [6.07, 6.45) is 3.27. The highest BCUT2D eigenvalue weighted by atomic mass is 16.7. The van der Waals surface area contributed by atoms with Crippen molar-refractivity contribution in [1.82, 2.24) is 9.80 Å². The first-order chi connectivity index (χ1) is 18.1. The van der Waals surface area contributed by atoms with Crippen LogP contribution in [-0.2, 0) is 19.0 Å². The van der Waals surface area contributed by atoms with E-state index in [9.17, 15) is 19.8 Å². The number of hydrogen-bond acceptors (Lipinski definition) is 9. The molecule has 38 heavy (non-hydrogen) atoms. The second kappa shape index (κ2) is 9.88. The zero-order valence-electron chi connectivity index (χ0n) is 22.1. The van der Waals surface area contributed by atoms with Gasteiger partial charge in [0.2, 0.25) is 12.6 Å². The number of ether oxygens (including phenoxy) is 5. The third-order valence-corrected chi connectivity index (χ3v) is 8.32. The number of amides is 1. The minimum absolute atomic E-state index is 0.0938. The zero-order chi connectivity index (χ0) is 27.4. The largest absolute Gasteiger partial charge is 0.465 e. The molecule has 0 bridgehead atoms. The standard InChI is InChI=1S/C27H34N2O9/c1-28(2)18(11-29(3)26(31)32)23-16-10-20-19(37-13-38-20)9-15(16)22(24-17(23)12-36-25(24)30)14-6-7-27(33,35-5)21(8-14)34-4/h6-10,17-18,21-24,33H,11-13H2,1-5H3,(H,31,32)/t17-,18?,21?,22+,23+,24+,27?/m0/s1. The molecule has 2 N–H and O–H groups in total. The van der Waals surface area contributed by atoms with Crippen molar-refractivity contribution in [2.24, 2.45) is 11.8 Å². The van der Waals surface area contributed by atoms with Crippen LogP contribution in [0.3, 0.4) is 0 Å². The Morgan fingerprint density at radius 2 is 1.84 bits per heavy atom. The maximum atomic E-state index is 13.4. The Balaban J connectivity index is 1.68. The van der Waals surface area contributed by atoms with E-state index in [1.165, 1.54) is 32.2 Å². The van der Waals surface area contributed by atoms with E-state index in [0.29, 0.717) is 11.5 Å². The molecule has 0 spiro atoms. The van der Waals surface area contributed by atoms with E-state index in [-0.39, 0.29) is 43.8 Å². The van der Waals surface area contributed by atoms with Crippen LogP contribution in [0.2, 0.25) is 0 Å². The highest BCUT2D eigenvalue weighted by molar-refractivity contribution is 5.79. The van der Waals surface area contributed by atoms with Crippen LogP contribution in [0.1, 0.15) is 23.0 Å². The minimum atomic E-state index is -1.64. The van der Waals surface area contributed by atoms with E-state index in [1.807, 2.05) is 31.1 Å². The number of carboxylic acid groups (broad SMARTS) is 1. The number of hydrogen-bond donors (Lipinski definition) is 2. The summed E-state index contributed by atoms with van der Waals surface area (Å²) in [7, 11) is 8.24. The Labute approximate surface area is 221 Å². The molecule has 1 fully saturated rings. The Hall–Kier alpha value is -3.12. The number of nitrogens with zero attached hydrogens (tertiary/aromatic N) is 2. The van der Waals surface area contributed by atoms with Crippen molar-refractivity contribution >= 4 is 12.1 Å². The maximum absolute atomic E-state index is 13.4. The van der Waals surface area contributed by atoms with Crippen LogP contribution in [0.4, 0.5) is 4.79 Å². The Morgan fingerprint density at radius 3 is 2.45 bits per heavy atom. The second-order valence-corrected chi connectivity index (χ2v) is 10.5. The van der Waals surface area contributed by atoms with Gasteiger partial charge in [0.1, 0.15) is 6.10 Å². The number of likely N-dealkylation sites (N-methyl/N-ethyl adjacent to an activating group) is 2. The fourth-order valence-corrected chi connectivity index (χ4v) is 6.34. The van der Waals surface area contributed by atoms with Gasteiger partial charge in [-0.05, 0) is 55.1 Å². The van der Waals surface area contributed by atoms with Crippen molar-refractivity contribution in [2.75, 3.05) is 55.3 Å². The molecular weight excluding hydrogens is 496 g/mol. The second-order valence-electron chi connectivity index (χ2n) is 10.5. The lowest BCUT2D eigenvalue weighted by molar-refractivity contribution is -0.203. The van der Waals surface area contributed by atoms with Gasteiger partial charge >= 0.3 is 12.1 Å². The van der Waals surface area contributed by atoms with Crippen LogP contribution in [0, 0.1) is 11.8 Å². The molecular formula is C27H34N2O9. The number of fused-ring (bicyclic) bond motifs is 3. The van der Waals surface area contributed by atoms with Crippen molar-refractivity contribution in [1.29, 1.82) is 0 Å². The third-order valence-electron chi connectivity index (χ3n) is 8.32. The molecule has 11 nitrogen and oxygen atoms in total. The van der Waals surface area contributed by atoms with Gasteiger partial charge in [0.15, 0.2) is 11.5 Å². The number of benzene rings is 1. The highest BCUT2D eigenvalue weighted by Gasteiger charge is 2.55. The summed E-state index contributed by atoms with van der Waals surface area (Å²) in [5.41, 5.74) is 2.61. The van der Waals surface area contributed by atoms with Gasteiger partial charge in [-0.15, -0.1) is 0 Å². The molecule has 4 aliphatic rings. The molecule has 206 valence electrons. The van der Waals surface area contributed by atoms with Crippen LogP contribution in [-0.4, -0.2) is 105 Å². The molecule has 7 atom stereocenters. The lowest BCUT2D eigenvalue weighted by Crippen LogP contribution is -2.50. The lowest BCUT2D eigenvalue weighted by Gasteiger charge is -2.46. The number of cyclic esters (lactones) is 1. The monoisotopic (exact) mass is 530 g/mol. The Morgan fingerprint density at radius 1 is 1.16 bits per heavy atom. The quantitative estimate of drug-likeness (QED) is 0.398. The average Bonchev–Trinajstić information content (AvgIpc) is 3.51. The summed E-state index contributed by atoms with van der Waals surface area (Å²) in [6.45, 7) is 0.543. The molecule has 2 aliphatic heterocycles. The fourth-order valence-electron chi connectivity index (χ4n) is 6.34. The van der Waals surface area contributed by atoms with Crippen LogP contribution in [0.25, 0.3) is 0 Å². The number of esters is 1. The number of allylic oxidation sites excluding steroid dienone is 2. The normalized spacial score (nSPS) is 31.9. The van der Waals surface area contributed by atoms with Crippen LogP contribution >= 0.6 is 0 Å². The summed E-state index contributed by atoms with van der Waals surface area (Å²) < 4.78 is 28.0. The first-order valence-corrected chi connectivity index (χ1v) is 12.5. The Kier molecular flexibility index (Phi) is 6.89. The molecule has 1 aromatic carbocycles. The fraction of sp³-hybridized carbons (Fsp3) is 0.556. The first-order valence-electron chi connectivity index (χ1n) is 12.5. The number of carbonyl (C=O) groups excluding carboxylic acids is 1. The van der Waals surface area contributed by atoms with Crippen LogP contribution in [0.15, 0.2) is 35.9 Å². The number of methoxy groups -OCH3 is 2. The van der Waals surface area contributed by atoms with E-state index >= 15 is 0 Å². The molecule has 1 aromatic rings. The number of rotatable bonds is 7. The zero-order valence-corrected chi connectivity index (χ0v) is 22.1. The van der Waals surface area contributed by atoms with Gasteiger partial charge in [-0.3, -0.25) is 4.79 Å². The molecule has 0 radical (unpaired) electrons. The lowest BCUT2D eigenvalue weighted by atomic mass is 9.60. The van der Waals surface area contributed by atoms with Gasteiger partial charge in [-0.25, -0.2) is 4.79 Å². The van der Waals surface area contributed by atoms with Gasteiger partial charge in [0, 0.05) is 51.6 Å². The van der Waals surface area contributed by atoms with Gasteiger partial charge in [0.25, 0.3) is 0 Å². The molecule has 5 rings (SSSR count). The van der Waals surface area contributed by atoms with Crippen LogP contribution in [0.5, 0.6) is 11.5 Å². The van der Waals surface area contributed by atoms with Crippen molar-refractivity contribution in [3.8, 4) is 11.5 Å². The van der Waals surface area contributed by atoms with E-state index < -0.39 is 29.8 Å². The summed E-state index contributed by atoms with van der Waals surface area (Å²) in [5.74, 6) is -2.16. The van der Waals surface area contributed by atoms with E-state index in [1.54, 1.807) is 12.2 Å². The van der Waals surface area contributed by atoms with Gasteiger partial charge in [0.05, 0.1) is 12.5 Å². The van der Waals surface area contributed by atoms with Crippen LogP contribution < -0.4 is 9.47 Å². The smallest absolute Gasteiger partial charge is 0.407 e. The van der Waals surface area contributed by atoms with Gasteiger partial charge in [-0.2, -0.15) is 0 Å². The van der Waals surface area contributed by atoms with Gasteiger partial charge < -0.3 is 43.7 Å². The predicted octanol–water partition coefficient (Wildman–Crippen LogP) is 1.77. The summed E-state index contributed by atoms with van der Waals surface area (Å²) in [6, 6.07) is 3.62. The number of carbonyl (C=O) groups is 2. The summed E-state index contributed by atoms with van der Waals surface area (Å²) in [4.78, 5) is 28.4. The SMILES string of the molecule is COC1C=C([C@@H]2c3cc4c(cc3[C@@H](C(CN(C)C(=O)O)N(C)C)[C@@H]3COC(=O)[C@H]32)OCO4)C=CC1(O)OC. The Bertz CT molecular complexity index is 1180. The van der Waals surface area contributed by atoms with E-state index in [4.69, 9.17) is 23.7 Å². The molecule has 1 amide bonds. The molecule has 0 saturated carbocycles. The predicted molar refractivity (Wildman–Crippen MR) is 134 cm³/mol. The molecule has 2 heterocycles. The van der Waals surface area contributed by atoms with Crippen molar-refractivity contribution in [3.63, 3.8) is 0 Å². The average molecular weight is 531 g/mol. The maximum Gasteiger partial charge on any atom is 0.407 e. The molecule has 1 saturated heterocycles. The molecule has 0 aromatic heterocycles. The van der Waals surface area contributed by atoms with Crippen molar-refractivity contribution in [2.45, 2.75) is 29.8 Å². The third kappa shape index (κ3) is 4.23. The van der Waals surface area contributed by atoms with E-state index in [0.717, 1.165) is 16.7 Å². The van der Waals surface area contributed by atoms with Crippen molar-refractivity contribution in [3.05, 3.63) is 47.1 Å². The minimum Gasteiger partial charge on any atom is -0.465 e. The first kappa shape index (κ1) is 26.5. The van der Waals surface area contributed by atoms with Gasteiger partial charge in [-0.1, -0.05) is 6.08 Å². The number of aliphatic hydroxyl groups is 1.